The van der Waals surface area contributed by atoms with Crippen molar-refractivity contribution in [3.05, 3.63) is 35.9 Å². The van der Waals surface area contributed by atoms with Crippen LogP contribution in [0.5, 0.6) is 5.75 Å². The van der Waals surface area contributed by atoms with Gasteiger partial charge in [0.2, 0.25) is 6.41 Å². The molecule has 148 valence electrons. The summed E-state index contributed by atoms with van der Waals surface area (Å²) in [5.74, 6) is 0.129. The van der Waals surface area contributed by atoms with Crippen LogP contribution >= 0.6 is 0 Å². The van der Waals surface area contributed by atoms with E-state index in [2.05, 4.69) is 17.1 Å². The number of hydrogen-bond acceptors (Lipinski definition) is 6. The van der Waals surface area contributed by atoms with Crippen molar-refractivity contribution in [2.45, 2.75) is 43.1 Å². The molecule has 7 heteroatoms. The third-order valence-corrected chi connectivity index (χ3v) is 7.06. The van der Waals surface area contributed by atoms with E-state index in [4.69, 9.17) is 9.47 Å². The van der Waals surface area contributed by atoms with Gasteiger partial charge in [-0.2, -0.15) is 0 Å². The summed E-state index contributed by atoms with van der Waals surface area (Å²) in [4.78, 5) is 28.0. The number of carbonyl (C=O) groups is 2. The van der Waals surface area contributed by atoms with Crippen molar-refractivity contribution < 1.29 is 24.2 Å². The van der Waals surface area contributed by atoms with Gasteiger partial charge < -0.3 is 19.5 Å². The van der Waals surface area contributed by atoms with Crippen LogP contribution in [0.3, 0.4) is 0 Å². The summed E-state index contributed by atoms with van der Waals surface area (Å²) in [5.41, 5.74) is 1.45. The molecule has 3 unspecified atom stereocenters. The molecule has 1 N–H and O–H groups in total. The van der Waals surface area contributed by atoms with Crippen molar-refractivity contribution in [1.82, 2.24) is 4.90 Å². The van der Waals surface area contributed by atoms with Gasteiger partial charge >= 0.3 is 5.97 Å². The number of methoxy groups -OCH3 is 1. The largest absolute Gasteiger partial charge is 0.497 e. The summed E-state index contributed by atoms with van der Waals surface area (Å²) in [6, 6.07) is 5.39. The Morgan fingerprint density at radius 1 is 1.36 bits per heavy atom. The fourth-order valence-corrected chi connectivity index (χ4v) is 6.24. The van der Waals surface area contributed by atoms with Gasteiger partial charge in [0, 0.05) is 36.9 Å². The summed E-state index contributed by atoms with van der Waals surface area (Å²) < 4.78 is 11.0. The Balaban J connectivity index is 1.72. The van der Waals surface area contributed by atoms with Crippen LogP contribution in [-0.4, -0.2) is 66.9 Å². The molecule has 3 aliphatic heterocycles. The first-order chi connectivity index (χ1) is 13.5. The van der Waals surface area contributed by atoms with Gasteiger partial charge in [0.15, 0.2) is 0 Å². The zero-order valence-corrected chi connectivity index (χ0v) is 15.9. The Bertz CT molecular complexity index is 870. The second kappa shape index (κ2) is 6.06. The molecule has 1 saturated carbocycles. The van der Waals surface area contributed by atoms with Gasteiger partial charge in [0.1, 0.15) is 18.0 Å². The van der Waals surface area contributed by atoms with E-state index in [1.807, 2.05) is 18.2 Å². The molecule has 0 radical (unpaired) electrons. The molecule has 1 aliphatic carbocycles. The topological polar surface area (TPSA) is 79.3 Å². The maximum absolute atomic E-state index is 12.2. The fraction of sp³-hybridized carbons (Fsp3) is 0.524. The fourth-order valence-electron chi connectivity index (χ4n) is 6.24. The number of hydrogen-bond donors (Lipinski definition) is 1. The second-order valence-corrected chi connectivity index (χ2v) is 8.14. The molecule has 0 bridgehead atoms. The van der Waals surface area contributed by atoms with Gasteiger partial charge in [-0.05, 0) is 24.6 Å². The van der Waals surface area contributed by atoms with Crippen LogP contribution in [-0.2, 0) is 19.7 Å². The number of anilines is 1. The van der Waals surface area contributed by atoms with E-state index in [1.54, 1.807) is 12.0 Å². The normalized spacial score (nSPS) is 37.8. The van der Waals surface area contributed by atoms with E-state index in [1.165, 1.54) is 6.92 Å². The number of fused-ring (bicyclic) bond motifs is 1. The number of rotatable bonds is 3. The number of nitrogens with zero attached hydrogens (tertiary/aromatic N) is 2. The van der Waals surface area contributed by atoms with Crippen molar-refractivity contribution in [3.63, 3.8) is 0 Å². The van der Waals surface area contributed by atoms with Crippen LogP contribution in [0.1, 0.15) is 18.9 Å². The molecule has 1 aromatic rings. The van der Waals surface area contributed by atoms with Crippen LogP contribution in [0.4, 0.5) is 5.69 Å². The zero-order valence-electron chi connectivity index (χ0n) is 15.9. The maximum Gasteiger partial charge on any atom is 0.303 e. The van der Waals surface area contributed by atoms with Gasteiger partial charge in [0.05, 0.1) is 18.8 Å². The molecule has 0 aromatic heterocycles. The molecule has 7 nitrogen and oxygen atoms in total. The van der Waals surface area contributed by atoms with Crippen molar-refractivity contribution in [1.29, 1.82) is 0 Å². The van der Waals surface area contributed by atoms with Crippen LogP contribution in [0.15, 0.2) is 30.4 Å². The van der Waals surface area contributed by atoms with Crippen molar-refractivity contribution in [2.75, 3.05) is 25.1 Å². The van der Waals surface area contributed by atoms with Gasteiger partial charge in [-0.3, -0.25) is 14.5 Å². The molecule has 1 aromatic carbocycles. The smallest absolute Gasteiger partial charge is 0.303 e. The highest BCUT2D eigenvalue weighted by Crippen LogP contribution is 2.60. The zero-order chi connectivity index (χ0) is 19.6. The quantitative estimate of drug-likeness (QED) is 0.473. The Hall–Kier alpha value is -2.38. The Morgan fingerprint density at radius 2 is 2.18 bits per heavy atom. The highest BCUT2D eigenvalue weighted by Gasteiger charge is 2.69. The third kappa shape index (κ3) is 2.06. The van der Waals surface area contributed by atoms with E-state index >= 15 is 0 Å². The van der Waals surface area contributed by atoms with Crippen molar-refractivity contribution in [2.24, 2.45) is 5.92 Å². The molecule has 4 aliphatic rings. The molecule has 1 spiro atoms. The lowest BCUT2D eigenvalue weighted by Crippen LogP contribution is -2.69. The molecule has 5 rings (SSSR count). The Labute approximate surface area is 163 Å². The summed E-state index contributed by atoms with van der Waals surface area (Å²) in [5, 5.41) is 11.4. The Kier molecular flexibility index (Phi) is 3.83. The predicted molar refractivity (Wildman–Crippen MR) is 101 cm³/mol. The van der Waals surface area contributed by atoms with E-state index in [-0.39, 0.29) is 12.0 Å². The highest BCUT2D eigenvalue weighted by atomic mass is 16.6. The number of benzene rings is 1. The van der Waals surface area contributed by atoms with E-state index in [0.29, 0.717) is 5.75 Å². The summed E-state index contributed by atoms with van der Waals surface area (Å²) in [6.07, 6.45) is 4.13. The van der Waals surface area contributed by atoms with Crippen LogP contribution in [0.2, 0.25) is 0 Å². The molecule has 6 atom stereocenters. The number of aliphatic hydroxyl groups is 1. The van der Waals surface area contributed by atoms with Crippen molar-refractivity contribution in [3.8, 4) is 5.75 Å². The maximum atomic E-state index is 12.2. The minimum absolute atomic E-state index is 0.0624. The highest BCUT2D eigenvalue weighted by molar-refractivity contribution is 5.85. The predicted octanol–water partition coefficient (Wildman–Crippen LogP) is 0.844. The monoisotopic (exact) mass is 384 g/mol. The minimum Gasteiger partial charge on any atom is -0.497 e. The number of ether oxygens (including phenoxy) is 2. The van der Waals surface area contributed by atoms with E-state index in [9.17, 15) is 14.7 Å². The molecule has 28 heavy (non-hydrogen) atoms. The van der Waals surface area contributed by atoms with Crippen LogP contribution in [0, 0.1) is 5.92 Å². The molecule has 1 amide bonds. The first kappa shape index (κ1) is 17.7. The van der Waals surface area contributed by atoms with E-state index in [0.717, 1.165) is 37.2 Å². The van der Waals surface area contributed by atoms with E-state index < -0.39 is 29.6 Å². The molecule has 3 heterocycles. The summed E-state index contributed by atoms with van der Waals surface area (Å²) in [7, 11) is 1.60. The average Bonchev–Trinajstić information content (AvgIpc) is 3.22. The third-order valence-electron chi connectivity index (χ3n) is 7.06. The van der Waals surface area contributed by atoms with Crippen LogP contribution < -0.4 is 9.64 Å². The average molecular weight is 384 g/mol. The summed E-state index contributed by atoms with van der Waals surface area (Å²) in [6.45, 7) is 3.06. The number of esters is 1. The van der Waals surface area contributed by atoms with Gasteiger partial charge in [0.25, 0.3) is 0 Å². The standard InChI is InChI=1S/C21H24N2O5/c1-12(25)28-18-14-4-3-8-22-9-7-21(19(14)22)15-6-5-13(27-2)10-16(15)23(11-24)20(21)17(18)26/h3-6,10-11,14,17-20,26H,7-9H2,1-2H3/t14?,17-,18?,19?,20+,21-/m1/s1. The number of amides is 1. The number of carbonyl (C=O) groups excluding carboxylic acids is 2. The lowest BCUT2D eigenvalue weighted by Gasteiger charge is -2.54. The molecule has 2 fully saturated rings. The SMILES string of the molecule is COc1ccc2c(c1)N(C=O)[C@H]1[C@H](O)C(OC(C)=O)C3C=CCN4CC[C@]21C34. The van der Waals surface area contributed by atoms with Gasteiger partial charge in [-0.25, -0.2) is 0 Å². The molecule has 1 saturated heterocycles. The molecular formula is C21H24N2O5. The lowest BCUT2D eigenvalue weighted by molar-refractivity contribution is -0.166. The second-order valence-electron chi connectivity index (χ2n) is 8.14. The summed E-state index contributed by atoms with van der Waals surface area (Å²) >= 11 is 0. The number of aliphatic hydroxyl groups excluding tert-OH is 1. The lowest BCUT2D eigenvalue weighted by atomic mass is 9.58. The first-order valence-electron chi connectivity index (χ1n) is 9.71. The van der Waals surface area contributed by atoms with Gasteiger partial charge in [-0.15, -0.1) is 0 Å². The Morgan fingerprint density at radius 3 is 2.89 bits per heavy atom. The van der Waals surface area contributed by atoms with Gasteiger partial charge in [-0.1, -0.05) is 18.2 Å². The van der Waals surface area contributed by atoms with Crippen molar-refractivity contribution >= 4 is 18.1 Å². The first-order valence-corrected chi connectivity index (χ1v) is 9.71. The van der Waals surface area contributed by atoms with Crippen LogP contribution in [0.25, 0.3) is 0 Å². The minimum atomic E-state index is -0.976. The molecular weight excluding hydrogens is 360 g/mol.